The van der Waals surface area contributed by atoms with Crippen LogP contribution in [0.5, 0.6) is 0 Å². The molecule has 18 heavy (non-hydrogen) atoms. The summed E-state index contributed by atoms with van der Waals surface area (Å²) in [5.41, 5.74) is 2.72. The van der Waals surface area contributed by atoms with Gasteiger partial charge in [-0.1, -0.05) is 30.3 Å². The van der Waals surface area contributed by atoms with Crippen LogP contribution in [0.2, 0.25) is 0 Å². The van der Waals surface area contributed by atoms with Crippen LogP contribution in [0.4, 0.5) is 0 Å². The Kier molecular flexibility index (Phi) is 3.50. The molecule has 4 heteroatoms. The number of hydrogen-bond acceptors (Lipinski definition) is 3. The van der Waals surface area contributed by atoms with Gasteiger partial charge in [-0.15, -0.1) is 0 Å². The smallest absolute Gasteiger partial charge is 0.175 e. The van der Waals surface area contributed by atoms with E-state index in [-0.39, 0.29) is 6.61 Å². The molecule has 0 heterocycles. The molecule has 0 spiro atoms. The topological polar surface area (TPSA) is 54.4 Å². The van der Waals surface area contributed by atoms with Gasteiger partial charge in [-0.25, -0.2) is 8.42 Å². The Balaban J connectivity index is 2.40. The molecule has 0 atom stereocenters. The maximum Gasteiger partial charge on any atom is 0.175 e. The highest BCUT2D eigenvalue weighted by atomic mass is 32.2. The monoisotopic (exact) mass is 262 g/mol. The molecule has 0 saturated carbocycles. The van der Waals surface area contributed by atoms with E-state index in [0.717, 1.165) is 16.7 Å². The van der Waals surface area contributed by atoms with Crippen LogP contribution in [0.25, 0.3) is 11.1 Å². The number of hydrogen-bond donors (Lipinski definition) is 1. The van der Waals surface area contributed by atoms with Crippen LogP contribution < -0.4 is 0 Å². The van der Waals surface area contributed by atoms with Crippen molar-refractivity contribution >= 4 is 9.84 Å². The molecule has 2 aromatic rings. The van der Waals surface area contributed by atoms with Gasteiger partial charge in [-0.2, -0.15) is 0 Å². The summed E-state index contributed by atoms with van der Waals surface area (Å²) >= 11 is 0. The van der Waals surface area contributed by atoms with E-state index in [1.165, 1.54) is 6.26 Å². The summed E-state index contributed by atoms with van der Waals surface area (Å²) in [6.07, 6.45) is 1.19. The third-order valence-electron chi connectivity index (χ3n) is 2.73. The Hall–Kier alpha value is -1.65. The van der Waals surface area contributed by atoms with Crippen LogP contribution in [-0.2, 0) is 16.4 Å². The van der Waals surface area contributed by atoms with Crippen molar-refractivity contribution in [1.82, 2.24) is 0 Å². The van der Waals surface area contributed by atoms with E-state index in [2.05, 4.69) is 0 Å². The van der Waals surface area contributed by atoms with Crippen molar-refractivity contribution in [2.45, 2.75) is 11.5 Å². The van der Waals surface area contributed by atoms with Gasteiger partial charge in [0.05, 0.1) is 11.5 Å². The normalized spacial score (nSPS) is 11.4. The lowest BCUT2D eigenvalue weighted by atomic mass is 10.0. The first-order valence-corrected chi connectivity index (χ1v) is 7.40. The molecule has 0 fully saturated rings. The molecule has 2 rings (SSSR count). The number of benzene rings is 2. The van der Waals surface area contributed by atoms with Gasteiger partial charge in [0, 0.05) is 6.26 Å². The predicted octanol–water partition coefficient (Wildman–Crippen LogP) is 2.25. The molecule has 1 N–H and O–H groups in total. The Bertz CT molecular complexity index is 643. The zero-order valence-electron chi connectivity index (χ0n) is 10.00. The van der Waals surface area contributed by atoms with Crippen LogP contribution >= 0.6 is 0 Å². The molecule has 2 aromatic carbocycles. The van der Waals surface area contributed by atoms with Crippen LogP contribution in [0.3, 0.4) is 0 Å². The summed E-state index contributed by atoms with van der Waals surface area (Å²) in [4.78, 5) is 0.310. The summed E-state index contributed by atoms with van der Waals surface area (Å²) in [6.45, 7) is -0.00470. The number of rotatable bonds is 3. The Morgan fingerprint density at radius 2 is 1.67 bits per heavy atom. The standard InChI is InChI=1S/C14H14O3S/c1-18(16,17)14-7-5-12(6-8-14)13-4-2-3-11(9-13)10-15/h2-9,15H,10H2,1H3. The molecule has 0 aliphatic heterocycles. The predicted molar refractivity (Wildman–Crippen MR) is 70.9 cm³/mol. The Morgan fingerprint density at radius 3 is 2.22 bits per heavy atom. The van der Waals surface area contributed by atoms with E-state index in [1.807, 2.05) is 24.3 Å². The second-order valence-corrected chi connectivity index (χ2v) is 6.17. The van der Waals surface area contributed by atoms with E-state index in [0.29, 0.717) is 4.90 Å². The van der Waals surface area contributed by atoms with E-state index in [1.54, 1.807) is 24.3 Å². The first kappa shape index (κ1) is 12.8. The van der Waals surface area contributed by atoms with Crippen LogP contribution in [0.15, 0.2) is 53.4 Å². The minimum absolute atomic E-state index is 0.00470. The van der Waals surface area contributed by atoms with Crippen molar-refractivity contribution in [3.63, 3.8) is 0 Å². The molecule has 94 valence electrons. The fraction of sp³-hybridized carbons (Fsp3) is 0.143. The molecule has 3 nitrogen and oxygen atoms in total. The average molecular weight is 262 g/mol. The third kappa shape index (κ3) is 2.78. The van der Waals surface area contributed by atoms with Crippen LogP contribution in [0.1, 0.15) is 5.56 Å². The molecular weight excluding hydrogens is 248 g/mol. The molecule has 0 radical (unpaired) electrons. The van der Waals surface area contributed by atoms with Crippen molar-refractivity contribution in [1.29, 1.82) is 0 Å². The highest BCUT2D eigenvalue weighted by Gasteiger charge is 2.06. The first-order valence-electron chi connectivity index (χ1n) is 5.51. The van der Waals surface area contributed by atoms with E-state index < -0.39 is 9.84 Å². The van der Waals surface area contributed by atoms with Crippen molar-refractivity contribution in [3.05, 3.63) is 54.1 Å². The van der Waals surface area contributed by atoms with Crippen LogP contribution in [-0.4, -0.2) is 19.8 Å². The second-order valence-electron chi connectivity index (χ2n) is 4.16. The largest absolute Gasteiger partial charge is 0.392 e. The third-order valence-corrected chi connectivity index (χ3v) is 3.85. The van der Waals surface area contributed by atoms with Crippen molar-refractivity contribution in [3.8, 4) is 11.1 Å². The van der Waals surface area contributed by atoms with Gasteiger partial charge >= 0.3 is 0 Å². The summed E-state index contributed by atoms with van der Waals surface area (Å²) in [5, 5.41) is 9.08. The van der Waals surface area contributed by atoms with Gasteiger partial charge in [0.1, 0.15) is 0 Å². The SMILES string of the molecule is CS(=O)(=O)c1ccc(-c2cccc(CO)c2)cc1. The fourth-order valence-corrected chi connectivity index (χ4v) is 2.37. The maximum absolute atomic E-state index is 11.3. The van der Waals surface area contributed by atoms with Crippen LogP contribution in [0, 0.1) is 0 Å². The maximum atomic E-state index is 11.3. The molecule has 0 aliphatic carbocycles. The van der Waals surface area contributed by atoms with E-state index in [9.17, 15) is 8.42 Å². The van der Waals surface area contributed by atoms with E-state index >= 15 is 0 Å². The van der Waals surface area contributed by atoms with Gasteiger partial charge in [-0.3, -0.25) is 0 Å². The molecule has 0 unspecified atom stereocenters. The quantitative estimate of drug-likeness (QED) is 0.923. The first-order chi connectivity index (χ1) is 8.50. The zero-order chi connectivity index (χ0) is 13.2. The summed E-state index contributed by atoms with van der Waals surface area (Å²) in [7, 11) is -3.15. The van der Waals surface area contributed by atoms with Gasteiger partial charge in [0.25, 0.3) is 0 Å². The molecule has 0 amide bonds. The van der Waals surface area contributed by atoms with E-state index in [4.69, 9.17) is 5.11 Å². The summed E-state index contributed by atoms with van der Waals surface area (Å²) in [6, 6.07) is 14.2. The fourth-order valence-electron chi connectivity index (χ4n) is 1.74. The van der Waals surface area contributed by atoms with Crippen molar-refractivity contribution in [2.24, 2.45) is 0 Å². The lowest BCUT2D eigenvalue weighted by molar-refractivity contribution is 0.282. The highest BCUT2D eigenvalue weighted by molar-refractivity contribution is 7.90. The average Bonchev–Trinajstić information content (AvgIpc) is 2.38. The Labute approximate surface area is 107 Å². The van der Waals surface area contributed by atoms with Crippen molar-refractivity contribution < 1.29 is 13.5 Å². The zero-order valence-corrected chi connectivity index (χ0v) is 10.8. The van der Waals surface area contributed by atoms with Gasteiger partial charge in [0.2, 0.25) is 0 Å². The van der Waals surface area contributed by atoms with Gasteiger partial charge in [-0.05, 0) is 34.9 Å². The van der Waals surface area contributed by atoms with Crippen molar-refractivity contribution in [2.75, 3.05) is 6.26 Å². The lowest BCUT2D eigenvalue weighted by Crippen LogP contribution is -1.96. The minimum Gasteiger partial charge on any atom is -0.392 e. The molecule has 0 bridgehead atoms. The summed E-state index contributed by atoms with van der Waals surface area (Å²) < 4.78 is 22.7. The molecule has 0 aliphatic rings. The Morgan fingerprint density at radius 1 is 1.00 bits per heavy atom. The number of aliphatic hydroxyl groups is 1. The minimum atomic E-state index is -3.15. The lowest BCUT2D eigenvalue weighted by Gasteiger charge is -2.05. The summed E-state index contributed by atoms with van der Waals surface area (Å²) in [5.74, 6) is 0. The number of sulfone groups is 1. The van der Waals surface area contributed by atoms with Gasteiger partial charge < -0.3 is 5.11 Å². The molecule has 0 aromatic heterocycles. The second kappa shape index (κ2) is 4.92. The number of aliphatic hydroxyl groups excluding tert-OH is 1. The van der Waals surface area contributed by atoms with Gasteiger partial charge in [0.15, 0.2) is 9.84 Å². The molecule has 0 saturated heterocycles. The highest BCUT2D eigenvalue weighted by Crippen LogP contribution is 2.22. The molecular formula is C14H14O3S.